The van der Waals surface area contributed by atoms with Crippen molar-refractivity contribution < 1.29 is 14.5 Å². The maximum absolute atomic E-state index is 11.8. The molecule has 0 radical (unpaired) electrons. The summed E-state index contributed by atoms with van der Waals surface area (Å²) in [5.74, 6) is 0.423. The van der Waals surface area contributed by atoms with Crippen LogP contribution in [0.4, 0.5) is 5.69 Å². The minimum absolute atomic E-state index is 0.111. The van der Waals surface area contributed by atoms with Crippen LogP contribution in [-0.2, 0) is 6.54 Å². The molecule has 0 saturated carbocycles. The molecule has 0 atom stereocenters. The Morgan fingerprint density at radius 3 is 2.76 bits per heavy atom. The van der Waals surface area contributed by atoms with E-state index < -0.39 is 4.92 Å². The van der Waals surface area contributed by atoms with Gasteiger partial charge in [-0.1, -0.05) is 23.7 Å². The number of ether oxygens (including phenoxy) is 1. The van der Waals surface area contributed by atoms with E-state index >= 15 is 0 Å². The van der Waals surface area contributed by atoms with Gasteiger partial charge in [0.15, 0.2) is 0 Å². The van der Waals surface area contributed by atoms with Crippen LogP contribution in [-0.4, -0.2) is 10.8 Å². The lowest BCUT2D eigenvalue weighted by atomic mass is 10.1. The van der Waals surface area contributed by atoms with Crippen LogP contribution in [0, 0.1) is 10.1 Å². The van der Waals surface area contributed by atoms with Crippen LogP contribution in [0.15, 0.2) is 36.4 Å². The smallest absolute Gasteiger partial charge is 0.271 e. The third kappa shape index (κ3) is 2.41. The van der Waals surface area contributed by atoms with Crippen LogP contribution in [0.1, 0.15) is 15.9 Å². The van der Waals surface area contributed by atoms with Crippen molar-refractivity contribution in [3.05, 3.63) is 62.7 Å². The number of carbonyl (C=O) groups excluding carboxylic acids is 1. The Hall–Kier alpha value is -2.60. The molecular formula is C14H9ClN2O4. The first-order valence-corrected chi connectivity index (χ1v) is 6.46. The first-order valence-electron chi connectivity index (χ1n) is 6.08. The van der Waals surface area contributed by atoms with Gasteiger partial charge in [-0.2, -0.15) is 0 Å². The Balaban J connectivity index is 1.97. The number of nitrogens with zero attached hydrogens (tertiary/aromatic N) is 1. The summed E-state index contributed by atoms with van der Waals surface area (Å²) in [4.78, 5) is 21.9. The van der Waals surface area contributed by atoms with Gasteiger partial charge in [-0.05, 0) is 17.7 Å². The summed E-state index contributed by atoms with van der Waals surface area (Å²) < 4.78 is 5.64. The second kappa shape index (κ2) is 5.06. The number of amides is 1. The summed E-state index contributed by atoms with van der Waals surface area (Å²) in [6.45, 7) is 0.458. The number of rotatable bonds is 3. The van der Waals surface area contributed by atoms with Gasteiger partial charge in [0.1, 0.15) is 11.5 Å². The topological polar surface area (TPSA) is 81.5 Å². The number of non-ortho nitro benzene ring substituents is 1. The Morgan fingerprint density at radius 2 is 2.05 bits per heavy atom. The molecule has 2 aromatic rings. The van der Waals surface area contributed by atoms with Gasteiger partial charge in [0.25, 0.3) is 11.6 Å². The number of nitrogens with one attached hydrogen (secondary N) is 1. The third-order valence-electron chi connectivity index (χ3n) is 3.13. The van der Waals surface area contributed by atoms with E-state index in [0.29, 0.717) is 17.9 Å². The van der Waals surface area contributed by atoms with Crippen molar-refractivity contribution in [2.75, 3.05) is 0 Å². The molecule has 7 heteroatoms. The second-order valence-electron chi connectivity index (χ2n) is 4.45. The first-order chi connectivity index (χ1) is 10.1. The zero-order chi connectivity index (χ0) is 15.0. The van der Waals surface area contributed by atoms with E-state index in [1.165, 1.54) is 18.2 Å². The number of hydrogen-bond acceptors (Lipinski definition) is 4. The quantitative estimate of drug-likeness (QED) is 0.697. The highest BCUT2D eigenvalue weighted by atomic mass is 35.5. The van der Waals surface area contributed by atoms with Crippen molar-refractivity contribution in [1.82, 2.24) is 5.32 Å². The number of hydrogen-bond donors (Lipinski definition) is 1. The standard InChI is InChI=1S/C14H9ClN2O4/c15-10-6-9(17(19)20)4-5-11(10)21-12-3-1-2-8-7-16-14(18)13(8)12/h1-6H,7H2,(H,16,18). The number of carbonyl (C=O) groups is 1. The molecule has 6 nitrogen and oxygen atoms in total. The predicted octanol–water partition coefficient (Wildman–Crippen LogP) is 3.28. The summed E-state index contributed by atoms with van der Waals surface area (Å²) in [7, 11) is 0. The van der Waals surface area contributed by atoms with E-state index in [-0.39, 0.29) is 22.4 Å². The molecule has 0 spiro atoms. The highest BCUT2D eigenvalue weighted by Gasteiger charge is 2.24. The van der Waals surface area contributed by atoms with Crippen LogP contribution in [0.2, 0.25) is 5.02 Å². The second-order valence-corrected chi connectivity index (χ2v) is 4.85. The fourth-order valence-corrected chi connectivity index (χ4v) is 2.35. The molecule has 2 aromatic carbocycles. The lowest BCUT2D eigenvalue weighted by Crippen LogP contribution is -2.13. The van der Waals surface area contributed by atoms with Crippen LogP contribution in [0.5, 0.6) is 11.5 Å². The SMILES string of the molecule is O=C1NCc2cccc(Oc3ccc([N+](=O)[O-])cc3Cl)c21. The van der Waals surface area contributed by atoms with Crippen molar-refractivity contribution in [2.45, 2.75) is 6.54 Å². The van der Waals surface area contributed by atoms with Crippen molar-refractivity contribution in [1.29, 1.82) is 0 Å². The van der Waals surface area contributed by atoms with Crippen molar-refractivity contribution in [3.8, 4) is 11.5 Å². The Bertz CT molecular complexity index is 761. The normalized spacial score (nSPS) is 12.7. The Morgan fingerprint density at radius 1 is 1.24 bits per heavy atom. The minimum atomic E-state index is -0.538. The third-order valence-corrected chi connectivity index (χ3v) is 3.42. The zero-order valence-electron chi connectivity index (χ0n) is 10.6. The summed E-state index contributed by atoms with van der Waals surface area (Å²) in [5, 5.41) is 13.5. The van der Waals surface area contributed by atoms with Gasteiger partial charge in [-0.25, -0.2) is 0 Å². The van der Waals surface area contributed by atoms with Crippen molar-refractivity contribution >= 4 is 23.2 Å². The monoisotopic (exact) mass is 304 g/mol. The Labute approximate surface area is 124 Å². The van der Waals surface area contributed by atoms with Crippen LogP contribution in [0.25, 0.3) is 0 Å². The summed E-state index contributed by atoms with van der Waals surface area (Å²) in [5.41, 5.74) is 1.19. The number of benzene rings is 2. The molecule has 1 amide bonds. The van der Waals surface area contributed by atoms with Crippen LogP contribution >= 0.6 is 11.6 Å². The van der Waals surface area contributed by atoms with Gasteiger partial charge in [0.05, 0.1) is 15.5 Å². The molecule has 0 fully saturated rings. The van der Waals surface area contributed by atoms with E-state index in [0.717, 1.165) is 5.56 Å². The highest BCUT2D eigenvalue weighted by molar-refractivity contribution is 6.32. The number of halogens is 1. The van der Waals surface area contributed by atoms with Gasteiger partial charge >= 0.3 is 0 Å². The van der Waals surface area contributed by atoms with E-state index in [2.05, 4.69) is 5.32 Å². The molecule has 3 rings (SSSR count). The zero-order valence-corrected chi connectivity index (χ0v) is 11.4. The van der Waals surface area contributed by atoms with E-state index in [4.69, 9.17) is 16.3 Å². The fraction of sp³-hybridized carbons (Fsp3) is 0.0714. The fourth-order valence-electron chi connectivity index (χ4n) is 2.14. The van der Waals surface area contributed by atoms with Gasteiger partial charge in [0.2, 0.25) is 0 Å². The van der Waals surface area contributed by atoms with Crippen molar-refractivity contribution in [3.63, 3.8) is 0 Å². The minimum Gasteiger partial charge on any atom is -0.455 e. The van der Waals surface area contributed by atoms with Gasteiger partial charge in [-0.15, -0.1) is 0 Å². The molecule has 1 aliphatic rings. The summed E-state index contributed by atoms with van der Waals surface area (Å²) >= 11 is 5.98. The maximum Gasteiger partial charge on any atom is 0.271 e. The molecule has 0 saturated heterocycles. The number of fused-ring (bicyclic) bond motifs is 1. The molecule has 0 aromatic heterocycles. The van der Waals surface area contributed by atoms with Crippen molar-refractivity contribution in [2.24, 2.45) is 0 Å². The first kappa shape index (κ1) is 13.4. The number of nitro groups is 1. The molecule has 106 valence electrons. The molecule has 1 N–H and O–H groups in total. The maximum atomic E-state index is 11.8. The molecule has 21 heavy (non-hydrogen) atoms. The largest absolute Gasteiger partial charge is 0.455 e. The molecule has 0 unspecified atom stereocenters. The molecule has 1 aliphatic heterocycles. The lowest BCUT2D eigenvalue weighted by Gasteiger charge is -2.10. The lowest BCUT2D eigenvalue weighted by molar-refractivity contribution is -0.384. The highest BCUT2D eigenvalue weighted by Crippen LogP contribution is 2.35. The van der Waals surface area contributed by atoms with Crippen LogP contribution < -0.4 is 10.1 Å². The van der Waals surface area contributed by atoms with Gasteiger partial charge in [-0.3, -0.25) is 14.9 Å². The van der Waals surface area contributed by atoms with E-state index in [9.17, 15) is 14.9 Å². The average molecular weight is 305 g/mol. The number of nitro benzene ring substituents is 1. The van der Waals surface area contributed by atoms with Gasteiger partial charge < -0.3 is 10.1 Å². The average Bonchev–Trinajstić information content (AvgIpc) is 2.83. The van der Waals surface area contributed by atoms with Crippen LogP contribution in [0.3, 0.4) is 0 Å². The molecule has 1 heterocycles. The predicted molar refractivity (Wildman–Crippen MR) is 75.8 cm³/mol. The molecule has 0 aliphatic carbocycles. The summed E-state index contributed by atoms with van der Waals surface area (Å²) in [6.07, 6.45) is 0. The Kier molecular flexibility index (Phi) is 3.23. The molecule has 0 bridgehead atoms. The molecular weight excluding hydrogens is 296 g/mol. The van der Waals surface area contributed by atoms with E-state index in [1.54, 1.807) is 12.1 Å². The van der Waals surface area contributed by atoms with E-state index in [1.807, 2.05) is 6.07 Å². The van der Waals surface area contributed by atoms with Gasteiger partial charge in [0, 0.05) is 18.7 Å². The summed E-state index contributed by atoms with van der Waals surface area (Å²) in [6, 6.07) is 9.17.